The first-order chi connectivity index (χ1) is 12.9. The fourth-order valence-electron chi connectivity index (χ4n) is 2.37. The number of aromatic nitrogens is 3. The molecule has 0 saturated carbocycles. The zero-order valence-corrected chi connectivity index (χ0v) is 20.1. The van der Waals surface area contributed by atoms with E-state index in [9.17, 15) is 5.11 Å². The number of halogens is 1. The van der Waals surface area contributed by atoms with Gasteiger partial charge in [-0.25, -0.2) is 4.99 Å². The number of aliphatic imine (C=N–C) groups is 1. The number of aliphatic hydroxyl groups is 1. The highest BCUT2D eigenvalue weighted by atomic mass is 127. The summed E-state index contributed by atoms with van der Waals surface area (Å²) < 4.78 is 7.28. The topological polar surface area (TPSA) is 96.6 Å². The molecular formula is C18H31IN6O2S. The Balaban J connectivity index is 0.00000392. The SMILES string of the molecule is CCOCCCNC(=NCc1nnc(C)n1C)NCC(C)(O)c1cccs1.I. The normalized spacial score (nSPS) is 13.7. The highest BCUT2D eigenvalue weighted by Gasteiger charge is 2.24. The van der Waals surface area contributed by atoms with Crippen LogP contribution in [0.3, 0.4) is 0 Å². The third-order valence-electron chi connectivity index (χ3n) is 4.18. The van der Waals surface area contributed by atoms with Gasteiger partial charge >= 0.3 is 0 Å². The number of rotatable bonds is 10. The van der Waals surface area contributed by atoms with Gasteiger partial charge in [0.2, 0.25) is 0 Å². The first kappa shape index (κ1) is 24.8. The van der Waals surface area contributed by atoms with Crippen molar-refractivity contribution in [1.82, 2.24) is 25.4 Å². The van der Waals surface area contributed by atoms with Crippen molar-refractivity contribution in [2.45, 2.75) is 39.3 Å². The number of hydrogen-bond donors (Lipinski definition) is 3. The van der Waals surface area contributed by atoms with Gasteiger partial charge in [-0.1, -0.05) is 6.07 Å². The molecule has 28 heavy (non-hydrogen) atoms. The lowest BCUT2D eigenvalue weighted by molar-refractivity contribution is 0.0655. The Hall–Kier alpha value is -1.24. The van der Waals surface area contributed by atoms with Crippen LogP contribution in [0.5, 0.6) is 0 Å². The van der Waals surface area contributed by atoms with Gasteiger partial charge in [-0.3, -0.25) is 0 Å². The van der Waals surface area contributed by atoms with Crippen LogP contribution in [-0.2, 0) is 23.9 Å². The largest absolute Gasteiger partial charge is 0.383 e. The number of hydrogen-bond acceptors (Lipinski definition) is 6. The van der Waals surface area contributed by atoms with Gasteiger partial charge in [-0.2, -0.15) is 0 Å². The van der Waals surface area contributed by atoms with E-state index in [0.29, 0.717) is 32.3 Å². The summed E-state index contributed by atoms with van der Waals surface area (Å²) in [6.45, 7) is 8.58. The lowest BCUT2D eigenvalue weighted by Gasteiger charge is -2.24. The third kappa shape index (κ3) is 7.64. The van der Waals surface area contributed by atoms with Crippen LogP contribution in [-0.4, -0.2) is 52.1 Å². The van der Waals surface area contributed by atoms with Crippen molar-refractivity contribution < 1.29 is 9.84 Å². The number of nitrogens with zero attached hydrogens (tertiary/aromatic N) is 4. The molecule has 2 heterocycles. The Kier molecular flexibility index (Phi) is 10.9. The average molecular weight is 522 g/mol. The molecule has 1 unspecified atom stereocenters. The Morgan fingerprint density at radius 1 is 1.39 bits per heavy atom. The van der Waals surface area contributed by atoms with Crippen LogP contribution in [0.2, 0.25) is 0 Å². The van der Waals surface area contributed by atoms with Gasteiger partial charge in [-0.15, -0.1) is 45.5 Å². The lowest BCUT2D eigenvalue weighted by atomic mass is 10.1. The van der Waals surface area contributed by atoms with Gasteiger partial charge in [-0.05, 0) is 38.6 Å². The Bertz CT molecular complexity index is 718. The summed E-state index contributed by atoms with van der Waals surface area (Å²) in [5.74, 6) is 2.26. The summed E-state index contributed by atoms with van der Waals surface area (Å²) in [7, 11) is 1.92. The van der Waals surface area contributed by atoms with E-state index in [1.807, 2.05) is 43.0 Å². The van der Waals surface area contributed by atoms with Gasteiger partial charge in [0.05, 0.1) is 6.54 Å². The molecule has 10 heteroatoms. The van der Waals surface area contributed by atoms with E-state index in [1.54, 1.807) is 6.92 Å². The molecule has 2 rings (SSSR count). The van der Waals surface area contributed by atoms with Gasteiger partial charge in [0, 0.05) is 31.7 Å². The van der Waals surface area contributed by atoms with Crippen LogP contribution >= 0.6 is 35.3 Å². The molecule has 0 bridgehead atoms. The predicted octanol–water partition coefficient (Wildman–Crippen LogP) is 2.17. The Morgan fingerprint density at radius 3 is 2.79 bits per heavy atom. The Morgan fingerprint density at radius 2 is 2.18 bits per heavy atom. The molecule has 0 aliphatic rings. The second-order valence-corrected chi connectivity index (χ2v) is 7.42. The highest BCUT2D eigenvalue weighted by Crippen LogP contribution is 2.24. The minimum Gasteiger partial charge on any atom is -0.383 e. The quantitative estimate of drug-likeness (QED) is 0.192. The van der Waals surface area contributed by atoms with E-state index in [4.69, 9.17) is 4.74 Å². The fourth-order valence-corrected chi connectivity index (χ4v) is 3.15. The molecule has 0 saturated heterocycles. The van der Waals surface area contributed by atoms with Gasteiger partial charge in [0.1, 0.15) is 18.0 Å². The monoisotopic (exact) mass is 522 g/mol. The van der Waals surface area contributed by atoms with Crippen LogP contribution in [0.25, 0.3) is 0 Å². The maximum atomic E-state index is 10.7. The van der Waals surface area contributed by atoms with Gasteiger partial charge in [0.15, 0.2) is 11.8 Å². The number of ether oxygens (including phenoxy) is 1. The summed E-state index contributed by atoms with van der Waals surface area (Å²) in [6.07, 6.45) is 0.874. The first-order valence-electron chi connectivity index (χ1n) is 9.15. The summed E-state index contributed by atoms with van der Waals surface area (Å²) >= 11 is 1.54. The van der Waals surface area contributed by atoms with Crippen molar-refractivity contribution in [3.05, 3.63) is 34.0 Å². The van der Waals surface area contributed by atoms with Gasteiger partial charge < -0.3 is 25.0 Å². The molecule has 0 amide bonds. The van der Waals surface area contributed by atoms with Crippen LogP contribution in [0, 0.1) is 6.92 Å². The minimum atomic E-state index is -0.969. The zero-order chi connectivity index (χ0) is 19.7. The molecule has 0 aliphatic heterocycles. The summed E-state index contributed by atoms with van der Waals surface area (Å²) in [6, 6.07) is 3.87. The molecule has 8 nitrogen and oxygen atoms in total. The van der Waals surface area contributed by atoms with E-state index in [2.05, 4.69) is 25.8 Å². The summed E-state index contributed by atoms with van der Waals surface area (Å²) in [4.78, 5) is 5.50. The summed E-state index contributed by atoms with van der Waals surface area (Å²) in [5.41, 5.74) is -0.969. The van der Waals surface area contributed by atoms with Crippen molar-refractivity contribution in [3.8, 4) is 0 Å². The van der Waals surface area contributed by atoms with Gasteiger partial charge in [0.25, 0.3) is 0 Å². The molecule has 0 spiro atoms. The Labute approximate surface area is 187 Å². The van der Waals surface area contributed by atoms with Crippen molar-refractivity contribution in [2.75, 3.05) is 26.3 Å². The van der Waals surface area contributed by atoms with Crippen LogP contribution in [0.4, 0.5) is 0 Å². The van der Waals surface area contributed by atoms with E-state index < -0.39 is 5.60 Å². The lowest BCUT2D eigenvalue weighted by Crippen LogP contribution is -2.44. The molecule has 2 aromatic rings. The number of guanidine groups is 1. The first-order valence-corrected chi connectivity index (χ1v) is 10.0. The predicted molar refractivity (Wildman–Crippen MR) is 123 cm³/mol. The molecule has 0 radical (unpaired) electrons. The molecule has 158 valence electrons. The van der Waals surface area contributed by atoms with E-state index in [0.717, 1.165) is 29.5 Å². The third-order valence-corrected chi connectivity index (χ3v) is 5.30. The van der Waals surface area contributed by atoms with Crippen LogP contribution < -0.4 is 10.6 Å². The fraction of sp³-hybridized carbons (Fsp3) is 0.611. The molecule has 0 aliphatic carbocycles. The number of thiophene rings is 1. The zero-order valence-electron chi connectivity index (χ0n) is 16.9. The maximum absolute atomic E-state index is 10.7. The van der Waals surface area contributed by atoms with Crippen molar-refractivity contribution in [2.24, 2.45) is 12.0 Å². The molecule has 0 aromatic carbocycles. The second kappa shape index (κ2) is 12.3. The van der Waals surface area contributed by atoms with E-state index in [-0.39, 0.29) is 24.0 Å². The molecule has 2 aromatic heterocycles. The smallest absolute Gasteiger partial charge is 0.191 e. The van der Waals surface area contributed by atoms with Crippen molar-refractivity contribution in [3.63, 3.8) is 0 Å². The maximum Gasteiger partial charge on any atom is 0.191 e. The number of nitrogens with one attached hydrogen (secondary N) is 2. The molecule has 0 fully saturated rings. The highest BCUT2D eigenvalue weighted by molar-refractivity contribution is 14.0. The standard InChI is InChI=1S/C18H30N6O2S.HI/c1-5-26-10-7-9-19-17(20-12-16-23-22-14(2)24(16)4)21-13-18(3,25)15-8-6-11-27-15;/h6,8,11,25H,5,7,9-10,12-13H2,1-4H3,(H2,19,20,21);1H. The average Bonchev–Trinajstić information content (AvgIpc) is 3.29. The molecule has 3 N–H and O–H groups in total. The van der Waals surface area contributed by atoms with Crippen LogP contribution in [0.1, 0.15) is 36.8 Å². The minimum absolute atomic E-state index is 0. The summed E-state index contributed by atoms with van der Waals surface area (Å²) in [5, 5.41) is 27.4. The van der Waals surface area contributed by atoms with E-state index in [1.165, 1.54) is 11.3 Å². The molecule has 1 atom stereocenters. The van der Waals surface area contributed by atoms with Crippen molar-refractivity contribution >= 4 is 41.3 Å². The molecular weight excluding hydrogens is 491 g/mol. The number of aryl methyl sites for hydroxylation is 1. The van der Waals surface area contributed by atoms with Crippen LogP contribution in [0.15, 0.2) is 22.5 Å². The second-order valence-electron chi connectivity index (χ2n) is 6.47. The van der Waals surface area contributed by atoms with Crippen molar-refractivity contribution in [1.29, 1.82) is 0 Å². The van der Waals surface area contributed by atoms with E-state index >= 15 is 0 Å².